The molecule has 2 aromatic rings. The summed E-state index contributed by atoms with van der Waals surface area (Å²) in [5.41, 5.74) is 0.817. The molecule has 0 radical (unpaired) electrons. The van der Waals surface area contributed by atoms with Crippen LogP contribution in [0.25, 0.3) is 0 Å². The molecule has 2 amide bonds. The van der Waals surface area contributed by atoms with E-state index in [2.05, 4.69) is 15.6 Å². The Bertz CT molecular complexity index is 925. The second-order valence-corrected chi connectivity index (χ2v) is 7.79. The first kappa shape index (κ1) is 20.1. The van der Waals surface area contributed by atoms with Crippen LogP contribution in [0.2, 0.25) is 0 Å². The maximum atomic E-state index is 12.5. The molecule has 27 heavy (non-hydrogen) atoms. The average Bonchev–Trinajstić information content (AvgIpc) is 2.66. The number of nitriles is 1. The Morgan fingerprint density at radius 1 is 1.11 bits per heavy atom. The first-order valence-corrected chi connectivity index (χ1v) is 9.83. The lowest BCUT2D eigenvalue weighted by atomic mass is 10.2. The summed E-state index contributed by atoms with van der Waals surface area (Å²) in [6, 6.07) is 11.7. The second-order valence-electron chi connectivity index (χ2n) is 5.68. The predicted molar refractivity (Wildman–Crippen MR) is 98.0 cm³/mol. The number of aromatic nitrogens is 1. The van der Waals surface area contributed by atoms with Crippen LogP contribution in [-0.4, -0.2) is 43.6 Å². The van der Waals surface area contributed by atoms with Gasteiger partial charge in [0, 0.05) is 18.0 Å². The number of sulfone groups is 1. The van der Waals surface area contributed by atoms with E-state index in [1.807, 2.05) is 0 Å². The van der Waals surface area contributed by atoms with Crippen molar-refractivity contribution in [1.82, 2.24) is 15.6 Å². The van der Waals surface area contributed by atoms with Gasteiger partial charge in [-0.15, -0.1) is 0 Å². The summed E-state index contributed by atoms with van der Waals surface area (Å²) in [5.74, 6) is -2.20. The Kier molecular flexibility index (Phi) is 7.02. The third kappa shape index (κ3) is 6.52. The van der Waals surface area contributed by atoms with Gasteiger partial charge in [0.2, 0.25) is 5.91 Å². The van der Waals surface area contributed by atoms with Crippen molar-refractivity contribution in [2.24, 2.45) is 0 Å². The van der Waals surface area contributed by atoms with Crippen LogP contribution in [0, 0.1) is 11.3 Å². The topological polar surface area (TPSA) is 129 Å². The van der Waals surface area contributed by atoms with Gasteiger partial charge in [-0.25, -0.2) is 8.42 Å². The van der Waals surface area contributed by atoms with Crippen molar-refractivity contribution < 1.29 is 18.0 Å². The van der Waals surface area contributed by atoms with Crippen molar-refractivity contribution in [3.63, 3.8) is 0 Å². The zero-order chi connectivity index (χ0) is 19.7. The van der Waals surface area contributed by atoms with E-state index in [4.69, 9.17) is 5.26 Å². The molecule has 8 nitrogen and oxygen atoms in total. The summed E-state index contributed by atoms with van der Waals surface area (Å²) in [6.45, 7) is -0.291. The summed E-state index contributed by atoms with van der Waals surface area (Å²) in [7, 11) is -3.72. The van der Waals surface area contributed by atoms with E-state index in [0.29, 0.717) is 11.1 Å². The van der Waals surface area contributed by atoms with Gasteiger partial charge in [-0.3, -0.25) is 14.6 Å². The van der Waals surface area contributed by atoms with Gasteiger partial charge in [0.15, 0.2) is 9.84 Å². The summed E-state index contributed by atoms with van der Waals surface area (Å²) in [5, 5.41) is 13.3. The van der Waals surface area contributed by atoms with Gasteiger partial charge in [0.1, 0.15) is 12.6 Å². The molecule has 1 atom stereocenters. The minimum atomic E-state index is -3.72. The van der Waals surface area contributed by atoms with Crippen LogP contribution in [0.4, 0.5) is 0 Å². The molecule has 0 fully saturated rings. The van der Waals surface area contributed by atoms with Crippen LogP contribution >= 0.6 is 0 Å². The molecule has 0 saturated carbocycles. The fourth-order valence-corrected chi connectivity index (χ4v) is 3.87. The number of amides is 2. The zero-order valence-corrected chi connectivity index (χ0v) is 15.1. The quantitative estimate of drug-likeness (QED) is 0.633. The number of carbonyl (C=O) groups is 2. The van der Waals surface area contributed by atoms with Crippen molar-refractivity contribution >= 4 is 21.7 Å². The molecule has 0 bridgehead atoms. The first-order valence-electron chi connectivity index (χ1n) is 8.01. The van der Waals surface area contributed by atoms with Crippen LogP contribution in [0.3, 0.4) is 0 Å². The van der Waals surface area contributed by atoms with E-state index in [1.165, 1.54) is 12.4 Å². The fourth-order valence-electron chi connectivity index (χ4n) is 2.31. The minimum Gasteiger partial charge on any atom is -0.341 e. The van der Waals surface area contributed by atoms with Crippen molar-refractivity contribution in [2.75, 3.05) is 12.3 Å². The summed E-state index contributed by atoms with van der Waals surface area (Å²) in [4.78, 5) is 28.4. The highest BCUT2D eigenvalue weighted by atomic mass is 32.2. The number of rotatable bonds is 8. The summed E-state index contributed by atoms with van der Waals surface area (Å²) < 4.78 is 25.0. The van der Waals surface area contributed by atoms with Gasteiger partial charge in [-0.2, -0.15) is 5.26 Å². The van der Waals surface area contributed by atoms with Crippen molar-refractivity contribution in [1.29, 1.82) is 5.26 Å². The predicted octanol–water partition coefficient (Wildman–Crippen LogP) is 0.435. The molecular formula is C18H18N4O4S. The van der Waals surface area contributed by atoms with Crippen LogP contribution in [0.1, 0.15) is 15.9 Å². The Morgan fingerprint density at radius 3 is 2.41 bits per heavy atom. The maximum absolute atomic E-state index is 12.5. The molecule has 1 unspecified atom stereocenters. The molecule has 0 saturated heterocycles. The minimum absolute atomic E-state index is 0.291. The summed E-state index contributed by atoms with van der Waals surface area (Å²) >= 11 is 0. The molecule has 1 heterocycles. The lowest BCUT2D eigenvalue weighted by molar-refractivity contribution is -0.122. The van der Waals surface area contributed by atoms with Gasteiger partial charge in [-0.05, 0) is 29.8 Å². The Labute approximate surface area is 157 Å². The van der Waals surface area contributed by atoms with Gasteiger partial charge >= 0.3 is 0 Å². The van der Waals surface area contributed by atoms with Gasteiger partial charge in [0.05, 0.1) is 17.6 Å². The third-order valence-corrected chi connectivity index (χ3v) is 5.17. The highest BCUT2D eigenvalue weighted by molar-refractivity contribution is 7.90. The number of hydrogen-bond donors (Lipinski definition) is 2. The van der Waals surface area contributed by atoms with Crippen LogP contribution in [0.15, 0.2) is 54.9 Å². The van der Waals surface area contributed by atoms with Crippen LogP contribution in [0.5, 0.6) is 0 Å². The van der Waals surface area contributed by atoms with Crippen molar-refractivity contribution in [3.8, 4) is 6.07 Å². The molecule has 0 aliphatic heterocycles. The number of hydrogen-bond acceptors (Lipinski definition) is 6. The monoisotopic (exact) mass is 386 g/mol. The van der Waals surface area contributed by atoms with Gasteiger partial charge in [0.25, 0.3) is 5.91 Å². The summed E-state index contributed by atoms with van der Waals surface area (Å²) in [6.07, 6.45) is 2.94. The highest BCUT2D eigenvalue weighted by Gasteiger charge is 2.27. The zero-order valence-electron chi connectivity index (χ0n) is 14.3. The Hall–Kier alpha value is -3.25. The van der Waals surface area contributed by atoms with Crippen molar-refractivity contribution in [2.45, 2.75) is 11.8 Å². The molecule has 1 aromatic heterocycles. The van der Waals surface area contributed by atoms with E-state index in [1.54, 1.807) is 48.5 Å². The molecular weight excluding hydrogens is 368 g/mol. The van der Waals surface area contributed by atoms with E-state index in [0.717, 1.165) is 0 Å². The maximum Gasteiger partial charge on any atom is 0.251 e. The number of pyridine rings is 1. The smallest absolute Gasteiger partial charge is 0.251 e. The molecule has 140 valence electrons. The average molecular weight is 386 g/mol. The van der Waals surface area contributed by atoms with E-state index >= 15 is 0 Å². The van der Waals surface area contributed by atoms with Crippen LogP contribution in [-0.2, 0) is 20.4 Å². The SMILES string of the molecule is N#CCNC(=O)C(CS(=O)(=O)Cc1ccncc1)NC(=O)c1ccccc1. The lowest BCUT2D eigenvalue weighted by Gasteiger charge is -2.18. The van der Waals surface area contributed by atoms with E-state index in [9.17, 15) is 18.0 Å². The molecule has 1 aromatic carbocycles. The molecule has 2 N–H and O–H groups in total. The standard InChI is InChI=1S/C18H18N4O4S/c19-8-11-21-18(24)16(22-17(23)15-4-2-1-3-5-15)13-27(25,26)12-14-6-9-20-10-7-14/h1-7,9-10,16H,11-13H2,(H,21,24)(H,22,23). The fraction of sp³-hybridized carbons (Fsp3) is 0.222. The second kappa shape index (κ2) is 9.45. The van der Waals surface area contributed by atoms with Gasteiger partial charge in [-0.1, -0.05) is 18.2 Å². The first-order chi connectivity index (χ1) is 12.9. The number of nitrogens with zero attached hydrogens (tertiary/aromatic N) is 2. The Morgan fingerprint density at radius 2 is 1.78 bits per heavy atom. The van der Waals surface area contributed by atoms with E-state index in [-0.39, 0.29) is 12.3 Å². The molecule has 0 spiro atoms. The third-order valence-electron chi connectivity index (χ3n) is 3.56. The molecule has 2 rings (SSSR count). The highest BCUT2D eigenvalue weighted by Crippen LogP contribution is 2.08. The number of nitrogens with one attached hydrogen (secondary N) is 2. The number of carbonyl (C=O) groups excluding carboxylic acids is 2. The van der Waals surface area contributed by atoms with Gasteiger partial charge < -0.3 is 10.6 Å². The van der Waals surface area contributed by atoms with Crippen LogP contribution < -0.4 is 10.6 Å². The largest absolute Gasteiger partial charge is 0.341 e. The Balaban J connectivity index is 2.15. The molecule has 9 heteroatoms. The molecule has 0 aliphatic carbocycles. The van der Waals surface area contributed by atoms with E-state index < -0.39 is 33.4 Å². The number of benzene rings is 1. The normalized spacial score (nSPS) is 11.8. The lowest BCUT2D eigenvalue weighted by Crippen LogP contribution is -2.50. The van der Waals surface area contributed by atoms with Crippen molar-refractivity contribution in [3.05, 3.63) is 66.0 Å². The molecule has 0 aliphatic rings.